The van der Waals surface area contributed by atoms with E-state index in [1.54, 1.807) is 0 Å². The predicted molar refractivity (Wildman–Crippen MR) is 71.6 cm³/mol. The van der Waals surface area contributed by atoms with E-state index in [1.165, 1.54) is 12.5 Å². The Labute approximate surface area is 114 Å². The number of hydrogen-bond acceptors (Lipinski definition) is 3. The highest BCUT2D eigenvalue weighted by atomic mass is 16.5. The molecule has 2 heterocycles. The second-order valence-electron chi connectivity index (χ2n) is 5.27. The summed E-state index contributed by atoms with van der Waals surface area (Å²) in [6, 6.07) is 0. The van der Waals surface area contributed by atoms with Gasteiger partial charge in [-0.25, -0.2) is 0 Å². The molecule has 5 nitrogen and oxygen atoms in total. The molecule has 19 heavy (non-hydrogen) atoms. The minimum Gasteiger partial charge on any atom is -0.379 e. The number of rotatable bonds is 4. The van der Waals surface area contributed by atoms with Crippen molar-refractivity contribution in [2.45, 2.75) is 37.6 Å². The summed E-state index contributed by atoms with van der Waals surface area (Å²) in [4.78, 5) is 25.4. The van der Waals surface area contributed by atoms with E-state index < -0.39 is 0 Å². The van der Waals surface area contributed by atoms with Crippen LogP contribution in [-0.4, -0.2) is 48.6 Å². The number of hydrogen-bond donors (Lipinski definition) is 1. The van der Waals surface area contributed by atoms with Crippen LogP contribution in [0.4, 0.5) is 0 Å². The van der Waals surface area contributed by atoms with E-state index in [9.17, 15) is 9.59 Å². The number of carbonyl (C=O) groups is 2. The Kier molecular flexibility index (Phi) is 4.58. The fourth-order valence-corrected chi connectivity index (χ4v) is 2.99. The topological polar surface area (TPSA) is 58.6 Å². The van der Waals surface area contributed by atoms with Crippen LogP contribution in [0.1, 0.15) is 32.1 Å². The molecule has 5 heteroatoms. The number of likely N-dealkylation sites (tertiary alicyclic amines) is 1. The summed E-state index contributed by atoms with van der Waals surface area (Å²) in [5.41, 5.74) is -0.0716. The standard InChI is InChI=1S/C14H22N2O3/c1-2-12(17)15-8-5-13(18)16-9-4-3-6-14(16)7-10-19-11-14/h2H,1,3-11H2,(H,15,17). The second kappa shape index (κ2) is 6.19. The monoisotopic (exact) mass is 266 g/mol. The molecule has 0 aliphatic carbocycles. The molecule has 106 valence electrons. The number of nitrogens with zero attached hydrogens (tertiary/aromatic N) is 1. The van der Waals surface area contributed by atoms with Gasteiger partial charge in [0.25, 0.3) is 0 Å². The minimum atomic E-state index is -0.231. The normalized spacial score (nSPS) is 26.4. The first-order valence-corrected chi connectivity index (χ1v) is 6.96. The van der Waals surface area contributed by atoms with Gasteiger partial charge >= 0.3 is 0 Å². The first kappa shape index (κ1) is 14.1. The van der Waals surface area contributed by atoms with Crippen molar-refractivity contribution in [2.75, 3.05) is 26.3 Å². The Morgan fingerprint density at radius 1 is 1.37 bits per heavy atom. The summed E-state index contributed by atoms with van der Waals surface area (Å²) in [5, 5.41) is 2.65. The van der Waals surface area contributed by atoms with Gasteiger partial charge in [0.1, 0.15) is 0 Å². The van der Waals surface area contributed by atoms with Crippen LogP contribution in [0.3, 0.4) is 0 Å². The zero-order valence-electron chi connectivity index (χ0n) is 11.3. The maximum absolute atomic E-state index is 12.3. The van der Waals surface area contributed by atoms with Crippen molar-refractivity contribution >= 4 is 11.8 Å². The Morgan fingerprint density at radius 3 is 2.89 bits per heavy atom. The molecular weight excluding hydrogens is 244 g/mol. The molecule has 2 amide bonds. The molecular formula is C14H22N2O3. The van der Waals surface area contributed by atoms with Gasteiger partial charge in [-0.15, -0.1) is 0 Å². The Morgan fingerprint density at radius 2 is 2.21 bits per heavy atom. The van der Waals surface area contributed by atoms with E-state index in [0.29, 0.717) is 19.6 Å². The lowest BCUT2D eigenvalue weighted by Crippen LogP contribution is -2.55. The van der Waals surface area contributed by atoms with Gasteiger partial charge in [-0.2, -0.15) is 0 Å². The van der Waals surface area contributed by atoms with Crippen molar-refractivity contribution in [3.05, 3.63) is 12.7 Å². The molecule has 0 aromatic carbocycles. The Bertz CT molecular complexity index is 362. The van der Waals surface area contributed by atoms with Gasteiger partial charge < -0.3 is 15.0 Å². The van der Waals surface area contributed by atoms with Gasteiger partial charge in [-0.3, -0.25) is 9.59 Å². The molecule has 1 atom stereocenters. The third kappa shape index (κ3) is 3.15. The fraction of sp³-hybridized carbons (Fsp3) is 0.714. The van der Waals surface area contributed by atoms with E-state index in [2.05, 4.69) is 11.9 Å². The van der Waals surface area contributed by atoms with Gasteiger partial charge in [-0.1, -0.05) is 6.58 Å². The maximum Gasteiger partial charge on any atom is 0.243 e. The van der Waals surface area contributed by atoms with Crippen molar-refractivity contribution in [2.24, 2.45) is 0 Å². The Hall–Kier alpha value is -1.36. The molecule has 2 aliphatic heterocycles. The minimum absolute atomic E-state index is 0.0716. The number of piperidine rings is 1. The average Bonchev–Trinajstić information content (AvgIpc) is 2.87. The van der Waals surface area contributed by atoms with Gasteiger partial charge in [0.2, 0.25) is 11.8 Å². The maximum atomic E-state index is 12.3. The molecule has 0 bridgehead atoms. The van der Waals surface area contributed by atoms with Crippen LogP contribution in [0, 0.1) is 0 Å². The highest BCUT2D eigenvalue weighted by Crippen LogP contribution is 2.35. The van der Waals surface area contributed by atoms with Gasteiger partial charge in [0.15, 0.2) is 0 Å². The predicted octanol–water partition coefficient (Wildman–Crippen LogP) is 0.850. The molecule has 2 fully saturated rings. The third-order valence-electron chi connectivity index (χ3n) is 4.05. The van der Waals surface area contributed by atoms with Crippen LogP contribution >= 0.6 is 0 Å². The zero-order valence-corrected chi connectivity index (χ0v) is 11.3. The summed E-state index contributed by atoms with van der Waals surface area (Å²) in [7, 11) is 0. The average molecular weight is 266 g/mol. The number of amides is 2. The summed E-state index contributed by atoms with van der Waals surface area (Å²) in [5.74, 6) is -0.111. The number of nitrogens with one attached hydrogen (secondary N) is 1. The van der Waals surface area contributed by atoms with Crippen LogP contribution in [0.25, 0.3) is 0 Å². The second-order valence-corrected chi connectivity index (χ2v) is 5.27. The smallest absolute Gasteiger partial charge is 0.243 e. The highest BCUT2D eigenvalue weighted by molar-refractivity contribution is 5.87. The molecule has 1 spiro atoms. The SMILES string of the molecule is C=CC(=O)NCCC(=O)N1CCCCC12CCOC2. The number of ether oxygens (including phenoxy) is 1. The lowest BCUT2D eigenvalue weighted by atomic mass is 9.85. The first-order chi connectivity index (χ1) is 9.18. The van der Waals surface area contributed by atoms with Gasteiger partial charge in [0.05, 0.1) is 12.1 Å². The molecule has 0 radical (unpaired) electrons. The summed E-state index contributed by atoms with van der Waals surface area (Å²) < 4.78 is 5.50. The molecule has 0 aromatic heterocycles. The molecule has 2 aliphatic rings. The third-order valence-corrected chi connectivity index (χ3v) is 4.05. The number of carbonyl (C=O) groups excluding carboxylic acids is 2. The van der Waals surface area contributed by atoms with Crippen LogP contribution in [-0.2, 0) is 14.3 Å². The molecule has 0 aromatic rings. The van der Waals surface area contributed by atoms with E-state index in [1.807, 2.05) is 4.90 Å². The zero-order chi connectivity index (χ0) is 13.7. The van der Waals surface area contributed by atoms with Crippen molar-refractivity contribution in [3.8, 4) is 0 Å². The summed E-state index contributed by atoms with van der Waals surface area (Å²) in [6.07, 6.45) is 5.78. The lowest BCUT2D eigenvalue weighted by molar-refractivity contribution is -0.140. The van der Waals surface area contributed by atoms with Gasteiger partial charge in [0, 0.05) is 26.1 Å². The van der Waals surface area contributed by atoms with Crippen LogP contribution < -0.4 is 5.32 Å². The first-order valence-electron chi connectivity index (χ1n) is 6.96. The largest absolute Gasteiger partial charge is 0.379 e. The van der Waals surface area contributed by atoms with Crippen molar-refractivity contribution in [1.82, 2.24) is 10.2 Å². The van der Waals surface area contributed by atoms with Crippen LogP contribution in [0.2, 0.25) is 0 Å². The fourth-order valence-electron chi connectivity index (χ4n) is 2.99. The van der Waals surface area contributed by atoms with E-state index >= 15 is 0 Å². The van der Waals surface area contributed by atoms with Gasteiger partial charge in [-0.05, 0) is 31.8 Å². The van der Waals surface area contributed by atoms with E-state index in [4.69, 9.17) is 4.74 Å². The molecule has 1 unspecified atom stereocenters. The summed E-state index contributed by atoms with van der Waals surface area (Å²) in [6.45, 7) is 5.98. The summed E-state index contributed by atoms with van der Waals surface area (Å²) >= 11 is 0. The highest BCUT2D eigenvalue weighted by Gasteiger charge is 2.44. The van der Waals surface area contributed by atoms with Crippen LogP contribution in [0.5, 0.6) is 0 Å². The molecule has 0 saturated carbocycles. The Balaban J connectivity index is 1.89. The molecule has 2 saturated heterocycles. The van der Waals surface area contributed by atoms with E-state index in [-0.39, 0.29) is 17.4 Å². The van der Waals surface area contributed by atoms with Crippen molar-refractivity contribution in [1.29, 1.82) is 0 Å². The molecule has 2 rings (SSSR count). The van der Waals surface area contributed by atoms with Crippen molar-refractivity contribution < 1.29 is 14.3 Å². The quantitative estimate of drug-likeness (QED) is 0.767. The van der Waals surface area contributed by atoms with E-state index in [0.717, 1.165) is 32.4 Å². The lowest BCUT2D eigenvalue weighted by Gasteiger charge is -2.44. The van der Waals surface area contributed by atoms with Crippen LogP contribution in [0.15, 0.2) is 12.7 Å². The molecule has 1 N–H and O–H groups in total. The van der Waals surface area contributed by atoms with Crippen molar-refractivity contribution in [3.63, 3.8) is 0 Å².